The van der Waals surface area contributed by atoms with Crippen LogP contribution in [0.25, 0.3) is 0 Å². The molecule has 0 radical (unpaired) electrons. The lowest BCUT2D eigenvalue weighted by molar-refractivity contribution is -0.113. The number of ether oxygens (including phenoxy) is 2. The highest BCUT2D eigenvalue weighted by Gasteiger charge is 2.44. The van der Waals surface area contributed by atoms with E-state index < -0.39 is 0 Å². The molecular weight excluding hydrogens is 252 g/mol. The van der Waals surface area contributed by atoms with Gasteiger partial charge in [0.05, 0.1) is 26.4 Å². The summed E-state index contributed by atoms with van der Waals surface area (Å²) in [6.45, 7) is 3.03. The first-order chi connectivity index (χ1) is 9.67. The number of hydrogen-bond donors (Lipinski definition) is 1. The van der Waals surface area contributed by atoms with E-state index in [9.17, 15) is 5.11 Å². The summed E-state index contributed by atoms with van der Waals surface area (Å²) in [6.07, 6.45) is 4.32. The first kappa shape index (κ1) is 13.7. The topological polar surface area (TPSA) is 38.7 Å². The van der Waals surface area contributed by atoms with Crippen LogP contribution in [0.4, 0.5) is 0 Å². The molecule has 1 aromatic carbocycles. The summed E-state index contributed by atoms with van der Waals surface area (Å²) in [5.74, 6) is 1.24. The van der Waals surface area contributed by atoms with Crippen LogP contribution in [-0.4, -0.2) is 25.4 Å². The van der Waals surface area contributed by atoms with Crippen LogP contribution < -0.4 is 4.74 Å². The van der Waals surface area contributed by atoms with Crippen LogP contribution in [0.2, 0.25) is 0 Å². The number of aliphatic hydroxyl groups is 1. The zero-order valence-electron chi connectivity index (χ0n) is 12.1. The predicted molar refractivity (Wildman–Crippen MR) is 77.7 cm³/mol. The van der Waals surface area contributed by atoms with Gasteiger partial charge in [0, 0.05) is 11.3 Å². The molecule has 1 aromatic rings. The summed E-state index contributed by atoms with van der Waals surface area (Å²) >= 11 is 0. The molecule has 3 nitrogen and oxygen atoms in total. The van der Waals surface area contributed by atoms with Crippen LogP contribution >= 0.6 is 0 Å². The van der Waals surface area contributed by atoms with E-state index in [1.807, 2.05) is 12.1 Å². The molecule has 1 N–H and O–H groups in total. The second kappa shape index (κ2) is 5.23. The van der Waals surface area contributed by atoms with Gasteiger partial charge in [-0.25, -0.2) is 0 Å². The fraction of sp³-hybridized carbons (Fsp3) is 0.529. The normalized spacial score (nSPS) is 32.6. The fourth-order valence-corrected chi connectivity index (χ4v) is 3.38. The fourth-order valence-electron chi connectivity index (χ4n) is 3.38. The third-order valence-corrected chi connectivity index (χ3v) is 4.81. The molecule has 3 heteroatoms. The van der Waals surface area contributed by atoms with Gasteiger partial charge in [-0.15, -0.1) is 0 Å². The molecule has 20 heavy (non-hydrogen) atoms. The van der Waals surface area contributed by atoms with Gasteiger partial charge < -0.3 is 14.6 Å². The Morgan fingerprint density at radius 2 is 2.10 bits per heavy atom. The Kier molecular flexibility index (Phi) is 3.57. The van der Waals surface area contributed by atoms with Gasteiger partial charge in [0.1, 0.15) is 5.75 Å². The highest BCUT2D eigenvalue weighted by atomic mass is 16.5. The largest absolute Gasteiger partial charge is 0.497 e. The Labute approximate surface area is 120 Å². The summed E-state index contributed by atoms with van der Waals surface area (Å²) < 4.78 is 11.3. The summed E-state index contributed by atoms with van der Waals surface area (Å²) in [5, 5.41) is 9.68. The second-order valence-electron chi connectivity index (χ2n) is 6.13. The summed E-state index contributed by atoms with van der Waals surface area (Å²) in [4.78, 5) is 0. The molecule has 2 aliphatic rings. The molecule has 3 rings (SSSR count). The number of rotatable bonds is 3. The summed E-state index contributed by atoms with van der Waals surface area (Å²) in [5.41, 5.74) is 2.51. The van der Waals surface area contributed by atoms with Gasteiger partial charge in [-0.3, -0.25) is 0 Å². The zero-order valence-corrected chi connectivity index (χ0v) is 12.1. The highest BCUT2D eigenvalue weighted by molar-refractivity contribution is 5.31. The molecule has 0 unspecified atom stereocenters. The number of benzene rings is 1. The Bertz CT molecular complexity index is 505. The molecule has 2 bridgehead atoms. The van der Waals surface area contributed by atoms with Crippen LogP contribution in [0.3, 0.4) is 0 Å². The monoisotopic (exact) mass is 274 g/mol. The van der Waals surface area contributed by atoms with E-state index in [1.54, 1.807) is 7.11 Å². The van der Waals surface area contributed by atoms with E-state index in [4.69, 9.17) is 9.47 Å². The predicted octanol–water partition coefficient (Wildman–Crippen LogP) is 3.10. The summed E-state index contributed by atoms with van der Waals surface area (Å²) in [7, 11) is 1.68. The first-order valence-corrected chi connectivity index (χ1v) is 7.20. The van der Waals surface area contributed by atoms with Crippen molar-refractivity contribution in [3.8, 4) is 5.75 Å². The smallest absolute Gasteiger partial charge is 0.118 e. The molecule has 1 aliphatic carbocycles. The standard InChI is InChI=1S/C17H22O3/c1-12-7-8-17(10-18)9-15(12)16(20-11-17)13-3-5-14(19-2)6-4-13/h3-7,15-16,18H,8-11H2,1-2H3/t15-,16-,17+/m0/s1. The van der Waals surface area contributed by atoms with E-state index in [0.29, 0.717) is 12.5 Å². The van der Waals surface area contributed by atoms with E-state index in [0.717, 1.165) is 18.6 Å². The van der Waals surface area contributed by atoms with Crippen molar-refractivity contribution < 1.29 is 14.6 Å². The Morgan fingerprint density at radius 1 is 1.35 bits per heavy atom. The number of allylic oxidation sites excluding steroid dienone is 1. The van der Waals surface area contributed by atoms with Crippen molar-refractivity contribution >= 4 is 0 Å². The molecule has 0 saturated carbocycles. The molecule has 0 spiro atoms. The molecule has 0 amide bonds. The second-order valence-corrected chi connectivity index (χ2v) is 6.13. The van der Waals surface area contributed by atoms with E-state index in [2.05, 4.69) is 25.1 Å². The van der Waals surface area contributed by atoms with Crippen molar-refractivity contribution in [1.82, 2.24) is 0 Å². The van der Waals surface area contributed by atoms with Gasteiger partial charge in [0.2, 0.25) is 0 Å². The molecule has 0 aromatic heterocycles. The average Bonchev–Trinajstić information content (AvgIpc) is 2.52. The van der Waals surface area contributed by atoms with Gasteiger partial charge in [0.25, 0.3) is 0 Å². The number of aliphatic hydroxyl groups excluding tert-OH is 1. The number of hydrogen-bond acceptors (Lipinski definition) is 3. The average molecular weight is 274 g/mol. The van der Waals surface area contributed by atoms with Crippen LogP contribution in [0.1, 0.15) is 31.4 Å². The maximum absolute atomic E-state index is 9.68. The maximum atomic E-state index is 9.68. The SMILES string of the molecule is COc1ccc([C@@H]2OC[C@]3(CO)CC=C(C)[C@@H]2C3)cc1. The highest BCUT2D eigenvalue weighted by Crippen LogP contribution is 2.50. The lowest BCUT2D eigenvalue weighted by Crippen LogP contribution is -2.43. The van der Waals surface area contributed by atoms with Crippen molar-refractivity contribution in [3.63, 3.8) is 0 Å². The summed E-state index contributed by atoms with van der Waals surface area (Å²) in [6, 6.07) is 8.12. The van der Waals surface area contributed by atoms with Gasteiger partial charge in [-0.1, -0.05) is 23.8 Å². The van der Waals surface area contributed by atoms with Crippen molar-refractivity contribution in [2.45, 2.75) is 25.9 Å². The van der Waals surface area contributed by atoms with E-state index >= 15 is 0 Å². The Hall–Kier alpha value is -1.32. The number of fused-ring (bicyclic) bond motifs is 2. The third kappa shape index (κ3) is 2.25. The van der Waals surface area contributed by atoms with E-state index in [-0.39, 0.29) is 18.1 Å². The molecule has 1 heterocycles. The minimum Gasteiger partial charge on any atom is -0.497 e. The van der Waals surface area contributed by atoms with Gasteiger partial charge >= 0.3 is 0 Å². The zero-order chi connectivity index (χ0) is 14.2. The Balaban J connectivity index is 1.87. The van der Waals surface area contributed by atoms with Crippen molar-refractivity contribution in [2.75, 3.05) is 20.3 Å². The minimum atomic E-state index is -0.0624. The van der Waals surface area contributed by atoms with Crippen molar-refractivity contribution in [1.29, 1.82) is 0 Å². The maximum Gasteiger partial charge on any atom is 0.118 e. The van der Waals surface area contributed by atoms with Crippen LogP contribution in [0.5, 0.6) is 5.75 Å². The first-order valence-electron chi connectivity index (χ1n) is 7.20. The van der Waals surface area contributed by atoms with Gasteiger partial charge in [0.15, 0.2) is 0 Å². The van der Waals surface area contributed by atoms with Crippen LogP contribution in [-0.2, 0) is 4.74 Å². The van der Waals surface area contributed by atoms with Crippen molar-refractivity contribution in [2.24, 2.45) is 11.3 Å². The molecule has 108 valence electrons. The van der Waals surface area contributed by atoms with Gasteiger partial charge in [-0.2, -0.15) is 0 Å². The van der Waals surface area contributed by atoms with Crippen molar-refractivity contribution in [3.05, 3.63) is 41.5 Å². The van der Waals surface area contributed by atoms with Crippen LogP contribution in [0.15, 0.2) is 35.9 Å². The molecule has 3 atom stereocenters. The molecule has 1 fully saturated rings. The molecular formula is C17H22O3. The van der Waals surface area contributed by atoms with E-state index in [1.165, 1.54) is 11.1 Å². The Morgan fingerprint density at radius 3 is 2.75 bits per heavy atom. The minimum absolute atomic E-state index is 0.0624. The lowest BCUT2D eigenvalue weighted by atomic mass is 9.67. The van der Waals surface area contributed by atoms with Crippen LogP contribution in [0, 0.1) is 11.3 Å². The lowest BCUT2D eigenvalue weighted by Gasteiger charge is -2.47. The third-order valence-electron chi connectivity index (χ3n) is 4.81. The van der Waals surface area contributed by atoms with Gasteiger partial charge in [-0.05, 0) is 37.5 Å². The number of methoxy groups -OCH3 is 1. The molecule has 1 saturated heterocycles. The molecule has 1 aliphatic heterocycles. The quantitative estimate of drug-likeness (QED) is 0.861.